The van der Waals surface area contributed by atoms with Gasteiger partial charge in [-0.15, -0.1) is 0 Å². The summed E-state index contributed by atoms with van der Waals surface area (Å²) in [6, 6.07) is 9.77. The SMILES string of the molecule is N#Cc1cc(F)cc(CS(=O)(=O)c2cc(Br)ccc2N)c1. The Hall–Kier alpha value is -1.91. The summed E-state index contributed by atoms with van der Waals surface area (Å²) in [5.74, 6) is -1.08. The van der Waals surface area contributed by atoms with Gasteiger partial charge in [0.1, 0.15) is 5.82 Å². The smallest absolute Gasteiger partial charge is 0.184 e. The minimum absolute atomic E-state index is 0.0281. The molecule has 0 spiro atoms. The number of anilines is 1. The van der Waals surface area contributed by atoms with Crippen LogP contribution in [0.25, 0.3) is 0 Å². The molecule has 0 aromatic heterocycles. The molecule has 0 heterocycles. The fraction of sp³-hybridized carbons (Fsp3) is 0.0714. The van der Waals surface area contributed by atoms with Crippen LogP contribution in [0.3, 0.4) is 0 Å². The van der Waals surface area contributed by atoms with Crippen LogP contribution in [0.5, 0.6) is 0 Å². The van der Waals surface area contributed by atoms with Crippen molar-refractivity contribution >= 4 is 31.5 Å². The third-order valence-electron chi connectivity index (χ3n) is 2.75. The summed E-state index contributed by atoms with van der Waals surface area (Å²) in [5, 5.41) is 8.79. The molecule has 2 aromatic rings. The van der Waals surface area contributed by atoms with E-state index in [1.165, 1.54) is 18.2 Å². The first-order valence-corrected chi connectivity index (χ1v) is 8.24. The molecule has 2 N–H and O–H groups in total. The largest absolute Gasteiger partial charge is 0.398 e. The molecule has 0 atom stereocenters. The quantitative estimate of drug-likeness (QED) is 0.843. The van der Waals surface area contributed by atoms with Gasteiger partial charge < -0.3 is 5.73 Å². The van der Waals surface area contributed by atoms with Crippen LogP contribution < -0.4 is 5.73 Å². The van der Waals surface area contributed by atoms with Gasteiger partial charge in [0.2, 0.25) is 0 Å². The maximum atomic E-state index is 13.4. The Bertz CT molecular complexity index is 845. The average molecular weight is 369 g/mol. The first kappa shape index (κ1) is 15.5. The maximum Gasteiger partial charge on any atom is 0.184 e. The highest BCUT2D eigenvalue weighted by Crippen LogP contribution is 2.26. The summed E-state index contributed by atoms with van der Waals surface area (Å²) >= 11 is 3.19. The van der Waals surface area contributed by atoms with Crippen LogP contribution in [0.4, 0.5) is 10.1 Å². The van der Waals surface area contributed by atoms with E-state index in [4.69, 9.17) is 11.0 Å². The van der Waals surface area contributed by atoms with E-state index < -0.39 is 21.4 Å². The number of benzene rings is 2. The van der Waals surface area contributed by atoms with Crippen molar-refractivity contribution in [3.8, 4) is 6.07 Å². The second-order valence-electron chi connectivity index (χ2n) is 4.40. The van der Waals surface area contributed by atoms with Gasteiger partial charge in [0.15, 0.2) is 9.84 Å². The highest BCUT2D eigenvalue weighted by molar-refractivity contribution is 9.10. The van der Waals surface area contributed by atoms with Gasteiger partial charge in [-0.3, -0.25) is 0 Å². The van der Waals surface area contributed by atoms with E-state index in [-0.39, 0.29) is 21.7 Å². The van der Waals surface area contributed by atoms with Gasteiger partial charge in [-0.2, -0.15) is 5.26 Å². The molecule has 0 aliphatic carbocycles. The summed E-state index contributed by atoms with van der Waals surface area (Å²) in [4.78, 5) is -0.0281. The van der Waals surface area contributed by atoms with Gasteiger partial charge in [-0.1, -0.05) is 15.9 Å². The number of sulfone groups is 1. The standard InChI is InChI=1S/C14H10BrFN2O2S/c15-11-1-2-13(18)14(6-11)21(19,20)8-10-3-9(7-17)4-12(16)5-10/h1-6H,8,18H2. The van der Waals surface area contributed by atoms with Gasteiger partial charge in [0, 0.05) is 4.47 Å². The van der Waals surface area contributed by atoms with Gasteiger partial charge in [0.05, 0.1) is 28.0 Å². The zero-order valence-corrected chi connectivity index (χ0v) is 13.1. The lowest BCUT2D eigenvalue weighted by Gasteiger charge is -2.08. The Labute approximate surface area is 130 Å². The lowest BCUT2D eigenvalue weighted by molar-refractivity contribution is 0.595. The Morgan fingerprint density at radius 2 is 1.95 bits per heavy atom. The molecule has 21 heavy (non-hydrogen) atoms. The zero-order chi connectivity index (χ0) is 15.6. The van der Waals surface area contributed by atoms with Crippen molar-refractivity contribution in [3.63, 3.8) is 0 Å². The first-order chi connectivity index (χ1) is 9.81. The van der Waals surface area contributed by atoms with E-state index in [9.17, 15) is 12.8 Å². The Morgan fingerprint density at radius 1 is 1.24 bits per heavy atom. The van der Waals surface area contributed by atoms with Crippen LogP contribution in [-0.2, 0) is 15.6 Å². The van der Waals surface area contributed by atoms with Crippen molar-refractivity contribution in [2.75, 3.05) is 5.73 Å². The molecule has 0 saturated heterocycles. The summed E-state index contributed by atoms with van der Waals surface area (Å²) in [6.45, 7) is 0. The van der Waals surface area contributed by atoms with Crippen LogP contribution in [0, 0.1) is 17.1 Å². The van der Waals surface area contributed by atoms with Crippen molar-refractivity contribution in [2.45, 2.75) is 10.6 Å². The van der Waals surface area contributed by atoms with Crippen molar-refractivity contribution in [1.29, 1.82) is 5.26 Å². The summed E-state index contributed by atoms with van der Waals surface area (Å²) in [6.07, 6.45) is 0. The predicted molar refractivity (Wildman–Crippen MR) is 80.6 cm³/mol. The van der Waals surface area contributed by atoms with Crippen LogP contribution in [0.2, 0.25) is 0 Å². The fourth-order valence-corrected chi connectivity index (χ4v) is 3.88. The molecule has 4 nitrogen and oxygen atoms in total. The Kier molecular flexibility index (Phi) is 4.30. The number of nitriles is 1. The number of hydrogen-bond acceptors (Lipinski definition) is 4. The molecule has 0 aliphatic heterocycles. The van der Waals surface area contributed by atoms with Crippen LogP contribution >= 0.6 is 15.9 Å². The lowest BCUT2D eigenvalue weighted by atomic mass is 10.1. The topological polar surface area (TPSA) is 84.0 Å². The van der Waals surface area contributed by atoms with Crippen LogP contribution in [0.1, 0.15) is 11.1 Å². The molecule has 0 amide bonds. The number of halogens is 2. The number of nitrogen functional groups attached to an aromatic ring is 1. The number of nitrogens with two attached hydrogens (primary N) is 1. The zero-order valence-electron chi connectivity index (χ0n) is 10.7. The monoisotopic (exact) mass is 368 g/mol. The third kappa shape index (κ3) is 3.60. The second kappa shape index (κ2) is 5.84. The molecule has 0 aliphatic rings. The normalized spacial score (nSPS) is 11.1. The minimum Gasteiger partial charge on any atom is -0.398 e. The van der Waals surface area contributed by atoms with Crippen molar-refractivity contribution in [2.24, 2.45) is 0 Å². The van der Waals surface area contributed by atoms with Crippen LogP contribution in [0.15, 0.2) is 45.8 Å². The highest BCUT2D eigenvalue weighted by atomic mass is 79.9. The fourth-order valence-electron chi connectivity index (χ4n) is 1.87. The number of nitrogens with zero attached hydrogens (tertiary/aromatic N) is 1. The highest BCUT2D eigenvalue weighted by Gasteiger charge is 2.19. The van der Waals surface area contributed by atoms with Crippen molar-refractivity contribution < 1.29 is 12.8 Å². The first-order valence-electron chi connectivity index (χ1n) is 5.79. The number of rotatable bonds is 3. The minimum atomic E-state index is -3.74. The lowest BCUT2D eigenvalue weighted by Crippen LogP contribution is -2.08. The van der Waals surface area contributed by atoms with E-state index in [1.54, 1.807) is 12.1 Å². The maximum absolute atomic E-state index is 13.4. The number of hydrogen-bond donors (Lipinski definition) is 1. The van der Waals surface area contributed by atoms with Crippen molar-refractivity contribution in [3.05, 3.63) is 57.8 Å². The van der Waals surface area contributed by atoms with E-state index in [1.807, 2.05) is 0 Å². The van der Waals surface area contributed by atoms with Gasteiger partial charge >= 0.3 is 0 Å². The molecule has 0 unspecified atom stereocenters. The van der Waals surface area contributed by atoms with Gasteiger partial charge in [-0.25, -0.2) is 12.8 Å². The molecule has 2 aromatic carbocycles. The molecule has 108 valence electrons. The van der Waals surface area contributed by atoms with Crippen molar-refractivity contribution in [1.82, 2.24) is 0 Å². The van der Waals surface area contributed by atoms with E-state index in [2.05, 4.69) is 15.9 Å². The molecule has 0 radical (unpaired) electrons. The van der Waals surface area contributed by atoms with E-state index in [0.717, 1.165) is 12.1 Å². The van der Waals surface area contributed by atoms with Gasteiger partial charge in [-0.05, 0) is 42.0 Å². The summed E-state index contributed by atoms with van der Waals surface area (Å²) < 4.78 is 38.7. The second-order valence-corrected chi connectivity index (χ2v) is 7.27. The molecule has 0 fully saturated rings. The molecular weight excluding hydrogens is 359 g/mol. The average Bonchev–Trinajstić information content (AvgIpc) is 2.40. The summed E-state index contributed by atoms with van der Waals surface area (Å²) in [5.41, 5.74) is 6.08. The molecule has 0 saturated carbocycles. The summed E-state index contributed by atoms with van der Waals surface area (Å²) in [7, 11) is -3.74. The third-order valence-corrected chi connectivity index (χ3v) is 4.98. The molecule has 0 bridgehead atoms. The Morgan fingerprint density at radius 3 is 2.62 bits per heavy atom. The molecule has 7 heteroatoms. The molecule has 2 rings (SSSR count). The van der Waals surface area contributed by atoms with E-state index >= 15 is 0 Å². The predicted octanol–water partition coefficient (Wildman–Crippen LogP) is 3.02. The Balaban J connectivity index is 2.45. The van der Waals surface area contributed by atoms with Gasteiger partial charge in [0.25, 0.3) is 0 Å². The molecular formula is C14H10BrFN2O2S. The van der Waals surface area contributed by atoms with E-state index in [0.29, 0.717) is 4.47 Å². The van der Waals surface area contributed by atoms with Crippen LogP contribution in [-0.4, -0.2) is 8.42 Å².